The molecule has 1 fully saturated rings. The Morgan fingerprint density at radius 1 is 1.55 bits per heavy atom. The van der Waals surface area contributed by atoms with Crippen LogP contribution in [-0.4, -0.2) is 23.2 Å². The van der Waals surface area contributed by atoms with E-state index in [1.165, 1.54) is 0 Å². The SMILES string of the molecule is CC(C)(C)C(=O)NC1CC1O. The molecule has 0 spiro atoms. The number of carbonyl (C=O) groups excluding carboxylic acids is 1. The lowest BCUT2D eigenvalue weighted by molar-refractivity contribution is -0.128. The van der Waals surface area contributed by atoms with Crippen LogP contribution in [0.25, 0.3) is 0 Å². The van der Waals surface area contributed by atoms with Gasteiger partial charge in [0, 0.05) is 5.41 Å². The van der Waals surface area contributed by atoms with Crippen LogP contribution >= 0.6 is 0 Å². The first-order valence-corrected chi connectivity index (χ1v) is 3.90. The Hall–Kier alpha value is -0.570. The summed E-state index contributed by atoms with van der Waals surface area (Å²) in [4.78, 5) is 11.2. The van der Waals surface area contributed by atoms with Crippen molar-refractivity contribution >= 4 is 5.91 Å². The number of hydrogen-bond donors (Lipinski definition) is 2. The molecule has 2 unspecified atom stereocenters. The van der Waals surface area contributed by atoms with Gasteiger partial charge in [-0.1, -0.05) is 20.8 Å². The molecule has 0 saturated heterocycles. The first-order valence-electron chi connectivity index (χ1n) is 3.90. The van der Waals surface area contributed by atoms with Gasteiger partial charge in [-0.25, -0.2) is 0 Å². The summed E-state index contributed by atoms with van der Waals surface area (Å²) in [5.41, 5.74) is -0.345. The van der Waals surface area contributed by atoms with Crippen molar-refractivity contribution in [2.75, 3.05) is 0 Å². The van der Waals surface area contributed by atoms with Crippen molar-refractivity contribution in [2.45, 2.75) is 39.3 Å². The quantitative estimate of drug-likeness (QED) is 0.574. The molecule has 2 N–H and O–H groups in total. The molecule has 64 valence electrons. The van der Waals surface area contributed by atoms with Gasteiger partial charge in [-0.3, -0.25) is 4.79 Å². The normalized spacial score (nSPS) is 29.8. The average molecular weight is 157 g/mol. The van der Waals surface area contributed by atoms with Gasteiger partial charge < -0.3 is 10.4 Å². The molecule has 1 amide bonds. The summed E-state index contributed by atoms with van der Waals surface area (Å²) in [6.07, 6.45) is 0.406. The number of carbonyl (C=O) groups is 1. The van der Waals surface area contributed by atoms with E-state index in [1.54, 1.807) is 0 Å². The summed E-state index contributed by atoms with van der Waals surface area (Å²) in [7, 11) is 0. The van der Waals surface area contributed by atoms with Crippen molar-refractivity contribution in [2.24, 2.45) is 5.41 Å². The van der Waals surface area contributed by atoms with Crippen LogP contribution in [0, 0.1) is 5.41 Å². The molecule has 1 saturated carbocycles. The summed E-state index contributed by atoms with van der Waals surface area (Å²) < 4.78 is 0. The van der Waals surface area contributed by atoms with E-state index in [9.17, 15) is 4.79 Å². The van der Waals surface area contributed by atoms with Crippen molar-refractivity contribution < 1.29 is 9.90 Å². The second-order valence-corrected chi connectivity index (χ2v) is 4.13. The van der Waals surface area contributed by atoms with E-state index >= 15 is 0 Å². The molecule has 0 bridgehead atoms. The minimum atomic E-state index is -0.345. The summed E-state index contributed by atoms with van der Waals surface area (Å²) >= 11 is 0. The van der Waals surface area contributed by atoms with E-state index in [0.29, 0.717) is 6.42 Å². The molecule has 3 nitrogen and oxygen atoms in total. The Morgan fingerprint density at radius 2 is 2.00 bits per heavy atom. The van der Waals surface area contributed by atoms with E-state index in [-0.39, 0.29) is 23.5 Å². The van der Waals surface area contributed by atoms with E-state index in [0.717, 1.165) is 0 Å². The lowest BCUT2D eigenvalue weighted by Gasteiger charge is -2.17. The number of aliphatic hydroxyl groups excluding tert-OH is 1. The zero-order chi connectivity index (χ0) is 8.65. The summed E-state index contributed by atoms with van der Waals surface area (Å²) in [5.74, 6) is 0.0130. The molecular formula is C8H15NO2. The van der Waals surface area contributed by atoms with Gasteiger partial charge in [0.1, 0.15) is 0 Å². The zero-order valence-corrected chi connectivity index (χ0v) is 7.22. The monoisotopic (exact) mass is 157 g/mol. The van der Waals surface area contributed by atoms with Crippen LogP contribution in [-0.2, 0) is 4.79 Å². The molecule has 0 aromatic heterocycles. The summed E-state index contributed by atoms with van der Waals surface area (Å²) in [6.45, 7) is 5.57. The van der Waals surface area contributed by atoms with Crippen molar-refractivity contribution in [1.82, 2.24) is 5.32 Å². The highest BCUT2D eigenvalue weighted by molar-refractivity contribution is 5.81. The maximum Gasteiger partial charge on any atom is 0.225 e. The van der Waals surface area contributed by atoms with Gasteiger partial charge in [0.05, 0.1) is 12.1 Å². The number of hydrogen-bond acceptors (Lipinski definition) is 2. The van der Waals surface area contributed by atoms with Gasteiger partial charge in [0.15, 0.2) is 0 Å². The molecule has 0 aliphatic heterocycles. The van der Waals surface area contributed by atoms with E-state index in [1.807, 2.05) is 20.8 Å². The molecule has 2 atom stereocenters. The zero-order valence-electron chi connectivity index (χ0n) is 7.22. The lowest BCUT2D eigenvalue weighted by Crippen LogP contribution is -2.37. The third-order valence-corrected chi connectivity index (χ3v) is 1.75. The number of rotatable bonds is 1. The van der Waals surface area contributed by atoms with Crippen molar-refractivity contribution in [3.63, 3.8) is 0 Å². The van der Waals surface area contributed by atoms with Gasteiger partial charge in [-0.2, -0.15) is 0 Å². The first-order chi connectivity index (χ1) is 4.91. The number of aliphatic hydroxyl groups is 1. The molecule has 0 heterocycles. The smallest absolute Gasteiger partial charge is 0.225 e. The van der Waals surface area contributed by atoms with Crippen molar-refractivity contribution in [3.8, 4) is 0 Å². The molecule has 0 aromatic rings. The maximum absolute atomic E-state index is 11.2. The third kappa shape index (κ3) is 2.19. The first kappa shape index (κ1) is 8.53. The number of nitrogens with one attached hydrogen (secondary N) is 1. The van der Waals surface area contributed by atoms with Gasteiger partial charge in [0.2, 0.25) is 5.91 Å². The summed E-state index contributed by atoms with van der Waals surface area (Å²) in [5, 5.41) is 11.7. The standard InChI is InChI=1S/C8H15NO2/c1-8(2,3)7(11)9-5-4-6(5)10/h5-6,10H,4H2,1-3H3,(H,9,11). The molecular weight excluding hydrogens is 142 g/mol. The molecule has 1 rings (SSSR count). The van der Waals surface area contributed by atoms with Crippen LogP contribution in [0.1, 0.15) is 27.2 Å². The maximum atomic E-state index is 11.2. The molecule has 0 aromatic carbocycles. The molecule has 1 aliphatic carbocycles. The number of amides is 1. The Bertz CT molecular complexity index is 171. The van der Waals surface area contributed by atoms with E-state index < -0.39 is 0 Å². The second kappa shape index (κ2) is 2.48. The van der Waals surface area contributed by atoms with Crippen molar-refractivity contribution in [1.29, 1.82) is 0 Å². The fourth-order valence-electron chi connectivity index (χ4n) is 0.722. The van der Waals surface area contributed by atoms with E-state index in [4.69, 9.17) is 5.11 Å². The average Bonchev–Trinajstić information content (AvgIpc) is 2.44. The van der Waals surface area contributed by atoms with Crippen LogP contribution in [0.2, 0.25) is 0 Å². The van der Waals surface area contributed by atoms with Gasteiger partial charge >= 0.3 is 0 Å². The third-order valence-electron chi connectivity index (χ3n) is 1.75. The van der Waals surface area contributed by atoms with Crippen LogP contribution in [0.15, 0.2) is 0 Å². The topological polar surface area (TPSA) is 49.3 Å². The molecule has 11 heavy (non-hydrogen) atoms. The highest BCUT2D eigenvalue weighted by Crippen LogP contribution is 2.22. The Kier molecular flexibility index (Phi) is 1.92. The lowest BCUT2D eigenvalue weighted by atomic mass is 9.96. The van der Waals surface area contributed by atoms with Crippen LogP contribution in [0.5, 0.6) is 0 Å². The Labute approximate surface area is 66.8 Å². The molecule has 3 heteroatoms. The van der Waals surface area contributed by atoms with E-state index in [2.05, 4.69) is 5.32 Å². The molecule has 0 radical (unpaired) electrons. The predicted octanol–water partition coefficient (Wildman–Crippen LogP) is 0.282. The second-order valence-electron chi connectivity index (χ2n) is 4.13. The van der Waals surface area contributed by atoms with Crippen molar-refractivity contribution in [3.05, 3.63) is 0 Å². The van der Waals surface area contributed by atoms with Crippen LogP contribution in [0.4, 0.5) is 0 Å². The fraction of sp³-hybridized carbons (Fsp3) is 0.875. The predicted molar refractivity (Wildman–Crippen MR) is 42.0 cm³/mol. The van der Waals surface area contributed by atoms with Gasteiger partial charge in [-0.15, -0.1) is 0 Å². The minimum absolute atomic E-state index is 0.0130. The molecule has 1 aliphatic rings. The Balaban J connectivity index is 2.33. The van der Waals surface area contributed by atoms with Crippen LogP contribution in [0.3, 0.4) is 0 Å². The summed E-state index contributed by atoms with van der Waals surface area (Å²) in [6, 6.07) is 0.0155. The largest absolute Gasteiger partial charge is 0.391 e. The van der Waals surface area contributed by atoms with Crippen LogP contribution < -0.4 is 5.32 Å². The Morgan fingerprint density at radius 3 is 2.27 bits per heavy atom. The van der Waals surface area contributed by atoms with Gasteiger partial charge in [-0.05, 0) is 6.42 Å². The van der Waals surface area contributed by atoms with Gasteiger partial charge in [0.25, 0.3) is 0 Å². The fourth-order valence-corrected chi connectivity index (χ4v) is 0.722. The minimum Gasteiger partial charge on any atom is -0.391 e. The highest BCUT2D eigenvalue weighted by Gasteiger charge is 2.38. The highest BCUT2D eigenvalue weighted by atomic mass is 16.3.